The van der Waals surface area contributed by atoms with Gasteiger partial charge in [0.1, 0.15) is 0 Å². The molecular weight excluding hydrogens is 278 g/mol. The Morgan fingerprint density at radius 3 is 2.78 bits per heavy atom. The molecule has 0 aliphatic carbocycles. The van der Waals surface area contributed by atoms with Crippen molar-refractivity contribution in [1.82, 2.24) is 10.3 Å². The molecule has 0 bridgehead atoms. The number of halogens is 1. The van der Waals surface area contributed by atoms with Crippen LogP contribution >= 0.6 is 23.7 Å². The Kier molecular flexibility index (Phi) is 8.47. The Morgan fingerprint density at radius 2 is 2.22 bits per heavy atom. The summed E-state index contributed by atoms with van der Waals surface area (Å²) in [6.07, 6.45) is 1.46. The lowest BCUT2D eigenvalue weighted by molar-refractivity contribution is -0.115. The van der Waals surface area contributed by atoms with E-state index in [1.807, 2.05) is 0 Å². The molecule has 6 nitrogen and oxygen atoms in total. The van der Waals surface area contributed by atoms with Crippen LogP contribution in [0.15, 0.2) is 6.20 Å². The van der Waals surface area contributed by atoms with Crippen LogP contribution in [0.5, 0.6) is 0 Å². The van der Waals surface area contributed by atoms with Crippen LogP contribution < -0.4 is 10.6 Å². The van der Waals surface area contributed by atoms with Crippen molar-refractivity contribution < 1.29 is 14.3 Å². The Labute approximate surface area is 116 Å². The van der Waals surface area contributed by atoms with Crippen LogP contribution in [0.1, 0.15) is 16.6 Å². The molecule has 8 heteroatoms. The van der Waals surface area contributed by atoms with Crippen molar-refractivity contribution in [2.75, 3.05) is 32.1 Å². The minimum Gasteiger partial charge on any atom is -0.383 e. The summed E-state index contributed by atoms with van der Waals surface area (Å²) < 4.78 is 4.83. The molecule has 18 heavy (non-hydrogen) atoms. The van der Waals surface area contributed by atoms with Crippen LogP contribution in [-0.2, 0) is 9.53 Å². The van der Waals surface area contributed by atoms with E-state index >= 15 is 0 Å². The molecular formula is C10H16ClN3O3S. The summed E-state index contributed by atoms with van der Waals surface area (Å²) in [6.45, 7) is 2.82. The van der Waals surface area contributed by atoms with E-state index in [4.69, 9.17) is 4.74 Å². The number of rotatable bonds is 7. The molecule has 0 saturated heterocycles. The molecule has 0 unspecified atom stereocenters. The molecule has 102 valence electrons. The van der Waals surface area contributed by atoms with Crippen LogP contribution in [0.25, 0.3) is 0 Å². The van der Waals surface area contributed by atoms with Crippen LogP contribution in [0, 0.1) is 0 Å². The van der Waals surface area contributed by atoms with E-state index in [2.05, 4.69) is 15.6 Å². The van der Waals surface area contributed by atoms with Gasteiger partial charge in [0, 0.05) is 20.6 Å². The van der Waals surface area contributed by atoms with Gasteiger partial charge in [-0.2, -0.15) is 0 Å². The maximum atomic E-state index is 11.4. The second-order valence-electron chi connectivity index (χ2n) is 3.30. The Morgan fingerprint density at radius 1 is 1.50 bits per heavy atom. The lowest BCUT2D eigenvalue weighted by atomic mass is 10.4. The van der Waals surface area contributed by atoms with Crippen molar-refractivity contribution in [2.45, 2.75) is 6.92 Å². The fraction of sp³-hybridized carbons (Fsp3) is 0.500. The van der Waals surface area contributed by atoms with Gasteiger partial charge in [-0.3, -0.25) is 9.59 Å². The highest BCUT2D eigenvalue weighted by molar-refractivity contribution is 7.17. The van der Waals surface area contributed by atoms with Gasteiger partial charge in [-0.15, -0.1) is 12.4 Å². The van der Waals surface area contributed by atoms with E-state index in [1.165, 1.54) is 24.5 Å². The van der Waals surface area contributed by atoms with E-state index in [0.29, 0.717) is 23.2 Å². The number of methoxy groups -OCH3 is 1. The SMILES string of the molecule is COCCNCC(=O)Nc1ncc(C(C)=O)s1.Cl. The number of nitrogens with one attached hydrogen (secondary N) is 2. The highest BCUT2D eigenvalue weighted by Crippen LogP contribution is 2.17. The maximum absolute atomic E-state index is 11.4. The van der Waals surface area contributed by atoms with Gasteiger partial charge in [0.25, 0.3) is 0 Å². The van der Waals surface area contributed by atoms with Gasteiger partial charge < -0.3 is 15.4 Å². The molecule has 1 aromatic rings. The van der Waals surface area contributed by atoms with Crippen molar-refractivity contribution in [1.29, 1.82) is 0 Å². The number of ketones is 1. The summed E-state index contributed by atoms with van der Waals surface area (Å²) in [5, 5.41) is 5.95. The molecule has 0 saturated carbocycles. The minimum absolute atomic E-state index is 0. The molecule has 0 atom stereocenters. The number of carbonyl (C=O) groups excluding carboxylic acids is 2. The number of carbonyl (C=O) groups is 2. The van der Waals surface area contributed by atoms with Crippen molar-refractivity contribution in [3.63, 3.8) is 0 Å². The Hall–Kier alpha value is -1.02. The van der Waals surface area contributed by atoms with E-state index in [9.17, 15) is 9.59 Å². The van der Waals surface area contributed by atoms with Gasteiger partial charge >= 0.3 is 0 Å². The van der Waals surface area contributed by atoms with Gasteiger partial charge in [0.15, 0.2) is 10.9 Å². The predicted molar refractivity (Wildman–Crippen MR) is 72.7 cm³/mol. The first-order valence-corrected chi connectivity index (χ1v) is 5.91. The fourth-order valence-corrected chi connectivity index (χ4v) is 1.76. The standard InChI is InChI=1S/C10H15N3O3S.ClH/c1-7(14)8-5-12-10(17-8)13-9(15)6-11-3-4-16-2;/h5,11H,3-4,6H2,1-2H3,(H,12,13,15);1H. The number of ether oxygens (including phenoxy) is 1. The van der Waals surface area contributed by atoms with E-state index in [-0.39, 0.29) is 30.6 Å². The topological polar surface area (TPSA) is 80.3 Å². The quantitative estimate of drug-likeness (QED) is 0.578. The average molecular weight is 294 g/mol. The fourth-order valence-electron chi connectivity index (χ4n) is 1.03. The molecule has 0 aliphatic rings. The smallest absolute Gasteiger partial charge is 0.240 e. The molecule has 1 amide bonds. The number of hydrogen-bond acceptors (Lipinski definition) is 6. The van der Waals surface area contributed by atoms with Crippen molar-refractivity contribution in [3.8, 4) is 0 Å². The maximum Gasteiger partial charge on any atom is 0.240 e. The third-order valence-electron chi connectivity index (χ3n) is 1.87. The summed E-state index contributed by atoms with van der Waals surface area (Å²) in [7, 11) is 1.60. The van der Waals surface area contributed by atoms with E-state index in [1.54, 1.807) is 7.11 Å². The third kappa shape index (κ3) is 6.06. The van der Waals surface area contributed by atoms with Crippen LogP contribution in [0.4, 0.5) is 5.13 Å². The van der Waals surface area contributed by atoms with Gasteiger partial charge in [-0.25, -0.2) is 4.98 Å². The molecule has 0 fully saturated rings. The summed E-state index contributed by atoms with van der Waals surface area (Å²) in [6, 6.07) is 0. The van der Waals surface area contributed by atoms with Gasteiger partial charge in [-0.05, 0) is 0 Å². The summed E-state index contributed by atoms with van der Waals surface area (Å²) >= 11 is 1.17. The summed E-state index contributed by atoms with van der Waals surface area (Å²) in [4.78, 5) is 26.9. The van der Waals surface area contributed by atoms with E-state index < -0.39 is 0 Å². The number of aromatic nitrogens is 1. The largest absolute Gasteiger partial charge is 0.383 e. The van der Waals surface area contributed by atoms with Crippen LogP contribution in [0.2, 0.25) is 0 Å². The first kappa shape index (κ1) is 17.0. The first-order chi connectivity index (χ1) is 8.13. The van der Waals surface area contributed by atoms with Crippen LogP contribution in [0.3, 0.4) is 0 Å². The zero-order valence-corrected chi connectivity index (χ0v) is 11.8. The number of nitrogens with zero attached hydrogens (tertiary/aromatic N) is 1. The van der Waals surface area contributed by atoms with Crippen molar-refractivity contribution in [2.24, 2.45) is 0 Å². The zero-order valence-electron chi connectivity index (χ0n) is 10.2. The minimum atomic E-state index is -0.189. The molecule has 1 aromatic heterocycles. The number of thiazole rings is 1. The van der Waals surface area contributed by atoms with Gasteiger partial charge in [0.2, 0.25) is 5.91 Å². The lowest BCUT2D eigenvalue weighted by Gasteiger charge is -2.03. The molecule has 1 heterocycles. The molecule has 0 radical (unpaired) electrons. The monoisotopic (exact) mass is 293 g/mol. The zero-order chi connectivity index (χ0) is 12.7. The number of amides is 1. The molecule has 0 aliphatic heterocycles. The second kappa shape index (κ2) is 8.98. The lowest BCUT2D eigenvalue weighted by Crippen LogP contribution is -2.30. The number of hydrogen-bond donors (Lipinski definition) is 2. The molecule has 2 N–H and O–H groups in total. The van der Waals surface area contributed by atoms with Crippen LogP contribution in [-0.4, -0.2) is 43.5 Å². The highest BCUT2D eigenvalue weighted by atomic mass is 35.5. The molecule has 0 aromatic carbocycles. The third-order valence-corrected chi connectivity index (χ3v) is 2.88. The normalized spacial score (nSPS) is 9.67. The van der Waals surface area contributed by atoms with Crippen molar-refractivity contribution >= 4 is 40.6 Å². The van der Waals surface area contributed by atoms with Gasteiger partial charge in [-0.1, -0.05) is 11.3 Å². The Balaban J connectivity index is 0.00000289. The second-order valence-corrected chi connectivity index (χ2v) is 4.33. The number of anilines is 1. The van der Waals surface area contributed by atoms with Crippen molar-refractivity contribution in [3.05, 3.63) is 11.1 Å². The molecule has 0 spiro atoms. The summed E-state index contributed by atoms with van der Waals surface area (Å²) in [5.41, 5.74) is 0. The van der Waals surface area contributed by atoms with Gasteiger partial charge in [0.05, 0.1) is 24.2 Å². The summed E-state index contributed by atoms with van der Waals surface area (Å²) in [5.74, 6) is -0.244. The van der Waals surface area contributed by atoms with E-state index in [0.717, 1.165) is 0 Å². The first-order valence-electron chi connectivity index (χ1n) is 5.09. The predicted octanol–water partition coefficient (Wildman–Crippen LogP) is 0.942. The Bertz CT molecular complexity index is 397. The number of Topliss-reactive ketones (excluding diaryl/α,β-unsaturated/α-hetero) is 1. The molecule has 1 rings (SSSR count). The average Bonchev–Trinajstić information content (AvgIpc) is 2.73. The highest BCUT2D eigenvalue weighted by Gasteiger charge is 2.08.